The van der Waals surface area contributed by atoms with Crippen LogP contribution in [0.4, 0.5) is 0 Å². The molecule has 1 aromatic rings. The number of aromatic carboxylic acids is 1. The summed E-state index contributed by atoms with van der Waals surface area (Å²) in [7, 11) is -3.72. The molecular weight excluding hydrogens is 294 g/mol. The highest BCUT2D eigenvalue weighted by molar-refractivity contribution is 7.89. The number of nitrogens with one attached hydrogen (secondary N) is 1. The average Bonchev–Trinajstić information content (AvgIpc) is 2.49. The second kappa shape index (κ2) is 7.02. The van der Waals surface area contributed by atoms with E-state index in [0.717, 1.165) is 0 Å². The molecule has 21 heavy (non-hydrogen) atoms. The van der Waals surface area contributed by atoms with E-state index >= 15 is 0 Å². The van der Waals surface area contributed by atoms with E-state index in [0.29, 0.717) is 12.8 Å². The lowest BCUT2D eigenvalue weighted by Gasteiger charge is -2.29. The Bertz CT molecular complexity index is 568. The highest BCUT2D eigenvalue weighted by Crippen LogP contribution is 2.25. The molecule has 0 spiro atoms. The molecule has 6 nitrogen and oxygen atoms in total. The second-order valence-corrected chi connectivity index (χ2v) is 6.79. The van der Waals surface area contributed by atoms with Crippen LogP contribution >= 0.6 is 0 Å². The maximum Gasteiger partial charge on any atom is 0.335 e. The summed E-state index contributed by atoms with van der Waals surface area (Å²) in [6.45, 7) is 3.84. The minimum absolute atomic E-state index is 0.00606. The highest BCUT2D eigenvalue weighted by atomic mass is 32.2. The largest absolute Gasteiger partial charge is 0.478 e. The number of rotatable bonds is 8. The molecule has 0 aliphatic carbocycles. The first-order chi connectivity index (χ1) is 9.80. The van der Waals surface area contributed by atoms with Gasteiger partial charge in [0, 0.05) is 18.6 Å². The van der Waals surface area contributed by atoms with Crippen LogP contribution in [0.1, 0.15) is 37.0 Å². The van der Waals surface area contributed by atoms with Gasteiger partial charge >= 0.3 is 5.97 Å². The molecule has 0 aliphatic rings. The van der Waals surface area contributed by atoms with Gasteiger partial charge in [-0.25, -0.2) is 17.9 Å². The molecule has 0 amide bonds. The van der Waals surface area contributed by atoms with Gasteiger partial charge in [-0.2, -0.15) is 0 Å². The van der Waals surface area contributed by atoms with Crippen molar-refractivity contribution in [3.05, 3.63) is 29.8 Å². The quantitative estimate of drug-likeness (QED) is 0.674. The number of carboxylic acid groups (broad SMARTS) is 1. The summed E-state index contributed by atoms with van der Waals surface area (Å²) < 4.78 is 26.8. The van der Waals surface area contributed by atoms with Gasteiger partial charge in [-0.05, 0) is 37.1 Å². The normalized spacial score (nSPS) is 12.3. The molecule has 0 unspecified atom stereocenters. The first-order valence-corrected chi connectivity index (χ1v) is 8.22. The molecule has 0 aromatic heterocycles. The lowest BCUT2D eigenvalue weighted by atomic mass is 9.84. The monoisotopic (exact) mass is 315 g/mol. The molecule has 0 heterocycles. The SMILES string of the molecule is CCC(CC)(CO)CNS(=O)(=O)c1ccc(C(=O)O)cc1. The van der Waals surface area contributed by atoms with Gasteiger partial charge in [0.05, 0.1) is 10.5 Å². The first-order valence-electron chi connectivity index (χ1n) is 6.74. The van der Waals surface area contributed by atoms with Crippen LogP contribution in [0.2, 0.25) is 0 Å². The van der Waals surface area contributed by atoms with Crippen LogP contribution in [-0.2, 0) is 10.0 Å². The maximum atomic E-state index is 12.2. The average molecular weight is 315 g/mol. The van der Waals surface area contributed by atoms with Crippen molar-refractivity contribution in [2.45, 2.75) is 31.6 Å². The van der Waals surface area contributed by atoms with Crippen molar-refractivity contribution in [2.75, 3.05) is 13.2 Å². The molecule has 1 aromatic carbocycles. The second-order valence-electron chi connectivity index (χ2n) is 5.02. The van der Waals surface area contributed by atoms with E-state index in [1.165, 1.54) is 24.3 Å². The van der Waals surface area contributed by atoms with Gasteiger partial charge in [-0.15, -0.1) is 0 Å². The number of hydrogen-bond acceptors (Lipinski definition) is 4. The molecule has 0 saturated carbocycles. The lowest BCUT2D eigenvalue weighted by Crippen LogP contribution is -2.39. The zero-order valence-corrected chi connectivity index (χ0v) is 13.0. The van der Waals surface area contributed by atoms with E-state index in [1.54, 1.807) is 0 Å². The molecule has 0 atom stereocenters. The molecule has 3 N–H and O–H groups in total. The maximum absolute atomic E-state index is 12.2. The predicted molar refractivity (Wildman–Crippen MR) is 78.7 cm³/mol. The summed E-state index contributed by atoms with van der Waals surface area (Å²) in [4.78, 5) is 10.7. The Balaban J connectivity index is 2.89. The van der Waals surface area contributed by atoms with Gasteiger partial charge < -0.3 is 10.2 Å². The molecule has 0 aliphatic heterocycles. The third-order valence-corrected chi connectivity index (χ3v) is 5.30. The van der Waals surface area contributed by atoms with Gasteiger partial charge in [-0.3, -0.25) is 0 Å². The van der Waals surface area contributed by atoms with Crippen LogP contribution in [0.5, 0.6) is 0 Å². The third-order valence-electron chi connectivity index (χ3n) is 3.88. The van der Waals surface area contributed by atoms with Crippen molar-refractivity contribution in [3.63, 3.8) is 0 Å². The zero-order chi connectivity index (χ0) is 16.1. The predicted octanol–water partition coefficient (Wildman–Crippen LogP) is 1.46. The number of sulfonamides is 1. The van der Waals surface area contributed by atoms with Crippen LogP contribution in [0.3, 0.4) is 0 Å². The fraction of sp³-hybridized carbons (Fsp3) is 0.500. The number of carboxylic acids is 1. The topological polar surface area (TPSA) is 104 Å². The third kappa shape index (κ3) is 4.26. The molecule has 0 saturated heterocycles. The van der Waals surface area contributed by atoms with E-state index in [9.17, 15) is 18.3 Å². The summed E-state index contributed by atoms with van der Waals surface area (Å²) in [5, 5.41) is 18.2. The Morgan fingerprint density at radius 3 is 2.10 bits per heavy atom. The standard InChI is InChI=1S/C14H21NO5S/c1-3-14(4-2,10-16)9-15-21(19,20)12-7-5-11(6-8-12)13(17)18/h5-8,15-16H,3-4,9-10H2,1-2H3,(H,17,18). The number of aliphatic hydroxyl groups excluding tert-OH is 1. The summed E-state index contributed by atoms with van der Waals surface area (Å²) in [5.74, 6) is -1.11. The Morgan fingerprint density at radius 1 is 1.19 bits per heavy atom. The van der Waals surface area contributed by atoms with Crippen molar-refractivity contribution >= 4 is 16.0 Å². The Hall–Kier alpha value is -1.44. The van der Waals surface area contributed by atoms with Gasteiger partial charge in [0.25, 0.3) is 0 Å². The Morgan fingerprint density at radius 2 is 1.71 bits per heavy atom. The van der Waals surface area contributed by atoms with Gasteiger partial charge in [0.1, 0.15) is 0 Å². The molecule has 0 bridgehead atoms. The van der Waals surface area contributed by atoms with Crippen LogP contribution in [-0.4, -0.2) is 37.8 Å². The van der Waals surface area contributed by atoms with Crippen LogP contribution < -0.4 is 4.72 Å². The van der Waals surface area contributed by atoms with Crippen molar-refractivity contribution in [3.8, 4) is 0 Å². The van der Waals surface area contributed by atoms with E-state index in [2.05, 4.69) is 4.72 Å². The molecule has 1 rings (SSSR count). The van der Waals surface area contributed by atoms with E-state index < -0.39 is 21.4 Å². The number of aliphatic hydroxyl groups is 1. The van der Waals surface area contributed by atoms with Gasteiger partial charge in [-0.1, -0.05) is 13.8 Å². The van der Waals surface area contributed by atoms with E-state index in [-0.39, 0.29) is 23.6 Å². The van der Waals surface area contributed by atoms with Crippen molar-refractivity contribution in [1.29, 1.82) is 0 Å². The van der Waals surface area contributed by atoms with E-state index in [1.807, 2.05) is 13.8 Å². The fourth-order valence-corrected chi connectivity index (χ4v) is 3.04. The van der Waals surface area contributed by atoms with Crippen LogP contribution in [0.15, 0.2) is 29.2 Å². The Labute approximate surface area is 124 Å². The van der Waals surface area contributed by atoms with Crippen molar-refractivity contribution < 1.29 is 23.4 Å². The highest BCUT2D eigenvalue weighted by Gasteiger charge is 2.27. The summed E-state index contributed by atoms with van der Waals surface area (Å²) in [6, 6.07) is 5.00. The summed E-state index contributed by atoms with van der Waals surface area (Å²) in [6.07, 6.45) is 1.31. The number of benzene rings is 1. The minimum Gasteiger partial charge on any atom is -0.478 e. The lowest BCUT2D eigenvalue weighted by molar-refractivity contribution is 0.0696. The first kappa shape index (κ1) is 17.6. The smallest absolute Gasteiger partial charge is 0.335 e. The minimum atomic E-state index is -3.72. The molecule has 7 heteroatoms. The van der Waals surface area contributed by atoms with Crippen molar-refractivity contribution in [2.24, 2.45) is 5.41 Å². The molecular formula is C14H21NO5S. The van der Waals surface area contributed by atoms with Gasteiger partial charge in [0.2, 0.25) is 10.0 Å². The molecule has 118 valence electrons. The number of carbonyl (C=O) groups is 1. The molecule has 0 radical (unpaired) electrons. The summed E-state index contributed by atoms with van der Waals surface area (Å²) in [5.41, 5.74) is -0.450. The summed E-state index contributed by atoms with van der Waals surface area (Å²) >= 11 is 0. The number of hydrogen-bond donors (Lipinski definition) is 3. The Kier molecular flexibility index (Phi) is 5.88. The van der Waals surface area contributed by atoms with Crippen LogP contribution in [0.25, 0.3) is 0 Å². The van der Waals surface area contributed by atoms with E-state index in [4.69, 9.17) is 5.11 Å². The fourth-order valence-electron chi connectivity index (χ4n) is 1.89. The van der Waals surface area contributed by atoms with Gasteiger partial charge in [0.15, 0.2) is 0 Å². The molecule has 0 fully saturated rings. The van der Waals surface area contributed by atoms with Crippen LogP contribution in [0, 0.1) is 5.41 Å². The van der Waals surface area contributed by atoms with Crippen molar-refractivity contribution in [1.82, 2.24) is 4.72 Å². The zero-order valence-electron chi connectivity index (χ0n) is 12.2.